The summed E-state index contributed by atoms with van der Waals surface area (Å²) in [4.78, 5) is 26.1. The second-order valence-corrected chi connectivity index (χ2v) is 6.45. The van der Waals surface area contributed by atoms with Gasteiger partial charge in [0.05, 0.1) is 11.7 Å². The molecule has 1 saturated carbocycles. The highest BCUT2D eigenvalue weighted by molar-refractivity contribution is 5.90. The Hall–Kier alpha value is -1.85. The van der Waals surface area contributed by atoms with Gasteiger partial charge in [-0.3, -0.25) is 14.7 Å². The summed E-state index contributed by atoms with van der Waals surface area (Å²) in [6.07, 6.45) is 8.63. The standard InChI is InChI=1S/C16H24N4O2/c17-15(21)13-10-12(18-19-13)14-8-4-5-9-20(14)16(22)11-6-2-1-3-7-11/h10-11,14H,1-9H2,(H2,17,21)(H,18,19). The first kappa shape index (κ1) is 15.1. The summed E-state index contributed by atoms with van der Waals surface area (Å²) in [5, 5.41) is 6.86. The number of nitrogens with one attached hydrogen (secondary N) is 1. The van der Waals surface area contributed by atoms with E-state index >= 15 is 0 Å². The average molecular weight is 304 g/mol. The number of aromatic nitrogens is 2. The molecule has 1 aromatic rings. The summed E-state index contributed by atoms with van der Waals surface area (Å²) in [6.45, 7) is 0.797. The first-order valence-electron chi connectivity index (χ1n) is 8.32. The molecule has 0 spiro atoms. The van der Waals surface area contributed by atoms with Crippen LogP contribution in [0.15, 0.2) is 6.07 Å². The van der Waals surface area contributed by atoms with Gasteiger partial charge >= 0.3 is 0 Å². The van der Waals surface area contributed by atoms with Crippen molar-refractivity contribution in [3.8, 4) is 0 Å². The van der Waals surface area contributed by atoms with Crippen molar-refractivity contribution >= 4 is 11.8 Å². The van der Waals surface area contributed by atoms with Crippen LogP contribution in [0.2, 0.25) is 0 Å². The van der Waals surface area contributed by atoms with Gasteiger partial charge in [-0.05, 0) is 38.2 Å². The molecule has 1 aliphatic heterocycles. The SMILES string of the molecule is NC(=O)c1cc(C2CCCCN2C(=O)C2CCCCC2)[nH]n1. The van der Waals surface area contributed by atoms with Gasteiger partial charge < -0.3 is 10.6 Å². The van der Waals surface area contributed by atoms with E-state index in [1.807, 2.05) is 4.90 Å². The molecule has 3 rings (SSSR count). The van der Waals surface area contributed by atoms with Gasteiger partial charge in [-0.1, -0.05) is 19.3 Å². The van der Waals surface area contributed by atoms with Crippen LogP contribution in [-0.4, -0.2) is 33.5 Å². The largest absolute Gasteiger partial charge is 0.364 e. The lowest BCUT2D eigenvalue weighted by Gasteiger charge is -2.38. The first-order valence-corrected chi connectivity index (χ1v) is 8.32. The molecule has 2 fully saturated rings. The van der Waals surface area contributed by atoms with E-state index in [1.165, 1.54) is 6.42 Å². The summed E-state index contributed by atoms with van der Waals surface area (Å²) < 4.78 is 0. The zero-order valence-corrected chi connectivity index (χ0v) is 12.9. The molecule has 3 N–H and O–H groups in total. The second-order valence-electron chi connectivity index (χ2n) is 6.45. The Morgan fingerprint density at radius 1 is 1.14 bits per heavy atom. The Kier molecular flexibility index (Phi) is 4.45. The predicted octanol–water partition coefficient (Wildman–Crippen LogP) is 2.14. The minimum Gasteiger partial charge on any atom is -0.364 e. The highest BCUT2D eigenvalue weighted by Gasteiger charge is 2.33. The number of carbonyl (C=O) groups is 2. The van der Waals surface area contributed by atoms with Crippen LogP contribution in [0.25, 0.3) is 0 Å². The molecule has 2 heterocycles. The topological polar surface area (TPSA) is 92.1 Å². The van der Waals surface area contributed by atoms with Crippen molar-refractivity contribution in [3.63, 3.8) is 0 Å². The van der Waals surface area contributed by atoms with Crippen molar-refractivity contribution in [2.24, 2.45) is 11.7 Å². The van der Waals surface area contributed by atoms with E-state index in [-0.39, 0.29) is 23.6 Å². The van der Waals surface area contributed by atoms with Crippen molar-refractivity contribution in [2.45, 2.75) is 57.4 Å². The maximum atomic E-state index is 12.9. The van der Waals surface area contributed by atoms with E-state index in [0.29, 0.717) is 0 Å². The molecule has 1 atom stereocenters. The Balaban J connectivity index is 1.77. The van der Waals surface area contributed by atoms with Crippen LogP contribution in [0.4, 0.5) is 0 Å². The summed E-state index contributed by atoms with van der Waals surface area (Å²) in [5.41, 5.74) is 6.34. The minimum atomic E-state index is -0.538. The highest BCUT2D eigenvalue weighted by atomic mass is 16.2. The smallest absolute Gasteiger partial charge is 0.269 e. The van der Waals surface area contributed by atoms with Gasteiger partial charge in [-0.25, -0.2) is 0 Å². The Bertz CT molecular complexity index is 548. The highest BCUT2D eigenvalue weighted by Crippen LogP contribution is 2.34. The first-order chi connectivity index (χ1) is 10.7. The number of carbonyl (C=O) groups excluding carboxylic acids is 2. The van der Waals surface area contributed by atoms with Gasteiger partial charge in [0.1, 0.15) is 5.69 Å². The Labute approximate surface area is 130 Å². The Morgan fingerprint density at radius 2 is 1.86 bits per heavy atom. The third kappa shape index (κ3) is 3.00. The third-order valence-electron chi connectivity index (χ3n) is 4.95. The van der Waals surface area contributed by atoms with Crippen LogP contribution in [0, 0.1) is 5.92 Å². The fourth-order valence-electron chi connectivity index (χ4n) is 3.74. The normalized spacial score (nSPS) is 23.5. The van der Waals surface area contributed by atoms with Crippen molar-refractivity contribution in [2.75, 3.05) is 6.54 Å². The molecular formula is C16H24N4O2. The lowest BCUT2D eigenvalue weighted by Crippen LogP contribution is -2.42. The van der Waals surface area contributed by atoms with Gasteiger partial charge in [-0.15, -0.1) is 0 Å². The van der Waals surface area contributed by atoms with Gasteiger partial charge in [0.25, 0.3) is 5.91 Å². The third-order valence-corrected chi connectivity index (χ3v) is 4.95. The van der Waals surface area contributed by atoms with E-state index in [9.17, 15) is 9.59 Å². The van der Waals surface area contributed by atoms with Crippen LogP contribution in [0.3, 0.4) is 0 Å². The van der Waals surface area contributed by atoms with E-state index in [0.717, 1.165) is 57.2 Å². The second kappa shape index (κ2) is 6.50. The van der Waals surface area contributed by atoms with Crippen molar-refractivity contribution in [1.29, 1.82) is 0 Å². The van der Waals surface area contributed by atoms with Gasteiger partial charge in [0.2, 0.25) is 5.91 Å². The van der Waals surface area contributed by atoms with Crippen LogP contribution >= 0.6 is 0 Å². The van der Waals surface area contributed by atoms with Crippen molar-refractivity contribution in [1.82, 2.24) is 15.1 Å². The number of nitrogens with zero attached hydrogens (tertiary/aromatic N) is 2. The van der Waals surface area contributed by atoms with Gasteiger partial charge in [0, 0.05) is 12.5 Å². The lowest BCUT2D eigenvalue weighted by atomic mass is 9.87. The summed E-state index contributed by atoms with van der Waals surface area (Å²) >= 11 is 0. The summed E-state index contributed by atoms with van der Waals surface area (Å²) in [7, 11) is 0. The lowest BCUT2D eigenvalue weighted by molar-refractivity contribution is -0.140. The van der Waals surface area contributed by atoms with Crippen LogP contribution in [0.5, 0.6) is 0 Å². The van der Waals surface area contributed by atoms with E-state index < -0.39 is 5.91 Å². The molecule has 1 unspecified atom stereocenters. The van der Waals surface area contributed by atoms with Crippen molar-refractivity contribution < 1.29 is 9.59 Å². The predicted molar refractivity (Wildman–Crippen MR) is 82.0 cm³/mol. The maximum Gasteiger partial charge on any atom is 0.269 e. The fraction of sp³-hybridized carbons (Fsp3) is 0.688. The number of hydrogen-bond donors (Lipinski definition) is 2. The minimum absolute atomic E-state index is 0.00350. The molecule has 2 amide bonds. The molecule has 0 radical (unpaired) electrons. The molecule has 6 heteroatoms. The molecule has 22 heavy (non-hydrogen) atoms. The fourth-order valence-corrected chi connectivity index (χ4v) is 3.74. The maximum absolute atomic E-state index is 12.9. The molecule has 120 valence electrons. The number of aromatic amines is 1. The number of primary amides is 1. The van der Waals surface area contributed by atoms with E-state index in [2.05, 4.69) is 10.2 Å². The summed E-state index contributed by atoms with van der Waals surface area (Å²) in [6, 6.07) is 1.70. The van der Waals surface area contributed by atoms with Gasteiger partial charge in [0.15, 0.2) is 0 Å². The van der Waals surface area contributed by atoms with E-state index in [4.69, 9.17) is 5.73 Å². The zero-order chi connectivity index (χ0) is 15.5. The number of hydrogen-bond acceptors (Lipinski definition) is 3. The number of H-pyrrole nitrogens is 1. The van der Waals surface area contributed by atoms with E-state index in [1.54, 1.807) is 6.07 Å². The number of piperidine rings is 1. The average Bonchev–Trinajstić information content (AvgIpc) is 3.05. The Morgan fingerprint density at radius 3 is 2.55 bits per heavy atom. The number of rotatable bonds is 3. The summed E-state index contributed by atoms with van der Waals surface area (Å²) in [5.74, 6) is -0.0871. The monoisotopic (exact) mass is 304 g/mol. The van der Waals surface area contributed by atoms with Crippen LogP contribution < -0.4 is 5.73 Å². The zero-order valence-electron chi connectivity index (χ0n) is 12.9. The number of amides is 2. The molecule has 0 aromatic carbocycles. The molecule has 1 saturated heterocycles. The van der Waals surface area contributed by atoms with Gasteiger partial charge in [-0.2, -0.15) is 5.10 Å². The molecule has 6 nitrogen and oxygen atoms in total. The molecule has 0 bridgehead atoms. The number of nitrogens with two attached hydrogens (primary N) is 1. The molecule has 1 aliphatic carbocycles. The number of likely N-dealkylation sites (tertiary alicyclic amines) is 1. The quantitative estimate of drug-likeness (QED) is 0.896. The van der Waals surface area contributed by atoms with Crippen LogP contribution in [0.1, 0.15) is 73.6 Å². The molecular weight excluding hydrogens is 280 g/mol. The molecule has 1 aromatic heterocycles. The molecule has 2 aliphatic rings. The van der Waals surface area contributed by atoms with Crippen LogP contribution in [-0.2, 0) is 4.79 Å². The van der Waals surface area contributed by atoms with Crippen molar-refractivity contribution in [3.05, 3.63) is 17.5 Å².